The SMILES string of the molecule is C/C=C1/CN2C[C@H](F)C[C@@]2(CO)C1. The van der Waals surface area contributed by atoms with Crippen LogP contribution in [-0.4, -0.2) is 41.4 Å². The second-order valence-electron chi connectivity index (χ2n) is 4.19. The third-order valence-corrected chi connectivity index (χ3v) is 3.34. The van der Waals surface area contributed by atoms with Gasteiger partial charge < -0.3 is 5.11 Å². The number of halogens is 1. The molecule has 0 spiro atoms. The van der Waals surface area contributed by atoms with E-state index in [1.54, 1.807) is 0 Å². The summed E-state index contributed by atoms with van der Waals surface area (Å²) >= 11 is 0. The Bertz CT molecular complexity index is 241. The van der Waals surface area contributed by atoms with Gasteiger partial charge in [0.1, 0.15) is 6.17 Å². The first-order chi connectivity index (χ1) is 6.20. The zero-order chi connectivity index (χ0) is 9.47. The summed E-state index contributed by atoms with van der Waals surface area (Å²) < 4.78 is 13.1. The predicted octanol–water partition coefficient (Wildman–Crippen LogP) is 1.11. The van der Waals surface area contributed by atoms with Gasteiger partial charge in [0.15, 0.2) is 0 Å². The number of alkyl halides is 1. The second-order valence-corrected chi connectivity index (χ2v) is 4.19. The number of nitrogens with zero attached hydrogens (tertiary/aromatic N) is 1. The van der Waals surface area contributed by atoms with Gasteiger partial charge in [-0.1, -0.05) is 11.6 Å². The van der Waals surface area contributed by atoms with Crippen molar-refractivity contribution in [3.63, 3.8) is 0 Å². The van der Waals surface area contributed by atoms with Gasteiger partial charge in [0.25, 0.3) is 0 Å². The Morgan fingerprint density at radius 2 is 2.54 bits per heavy atom. The van der Waals surface area contributed by atoms with Crippen molar-refractivity contribution in [1.29, 1.82) is 0 Å². The van der Waals surface area contributed by atoms with E-state index in [1.165, 1.54) is 5.57 Å². The second kappa shape index (κ2) is 3.07. The summed E-state index contributed by atoms with van der Waals surface area (Å²) in [4.78, 5) is 2.09. The van der Waals surface area contributed by atoms with Crippen molar-refractivity contribution in [2.24, 2.45) is 0 Å². The van der Waals surface area contributed by atoms with Crippen molar-refractivity contribution in [3.05, 3.63) is 11.6 Å². The van der Waals surface area contributed by atoms with Crippen LogP contribution in [0, 0.1) is 0 Å². The molecule has 2 aliphatic rings. The average molecular weight is 185 g/mol. The molecule has 0 unspecified atom stereocenters. The molecule has 0 aromatic heterocycles. The fourth-order valence-corrected chi connectivity index (χ4v) is 2.59. The molecule has 2 saturated heterocycles. The zero-order valence-electron chi connectivity index (χ0n) is 7.96. The topological polar surface area (TPSA) is 23.5 Å². The van der Waals surface area contributed by atoms with Crippen LogP contribution in [-0.2, 0) is 0 Å². The molecule has 2 nitrogen and oxygen atoms in total. The molecular weight excluding hydrogens is 169 g/mol. The molecule has 0 bridgehead atoms. The van der Waals surface area contributed by atoms with Crippen LogP contribution >= 0.6 is 0 Å². The smallest absolute Gasteiger partial charge is 0.115 e. The van der Waals surface area contributed by atoms with Gasteiger partial charge in [-0.25, -0.2) is 4.39 Å². The number of allylic oxidation sites excluding steroid dienone is 1. The summed E-state index contributed by atoms with van der Waals surface area (Å²) in [7, 11) is 0. The van der Waals surface area contributed by atoms with Crippen LogP contribution < -0.4 is 0 Å². The van der Waals surface area contributed by atoms with E-state index in [1.807, 2.05) is 6.92 Å². The van der Waals surface area contributed by atoms with Gasteiger partial charge in [0, 0.05) is 19.5 Å². The minimum atomic E-state index is -0.745. The molecule has 2 rings (SSSR count). The Balaban J connectivity index is 2.20. The zero-order valence-corrected chi connectivity index (χ0v) is 7.96. The van der Waals surface area contributed by atoms with E-state index in [-0.39, 0.29) is 12.1 Å². The van der Waals surface area contributed by atoms with Crippen molar-refractivity contribution in [2.45, 2.75) is 31.5 Å². The average Bonchev–Trinajstić information content (AvgIpc) is 2.57. The molecule has 2 atom stereocenters. The Morgan fingerprint density at radius 3 is 3.08 bits per heavy atom. The summed E-state index contributed by atoms with van der Waals surface area (Å²) in [5.41, 5.74) is 1.07. The quantitative estimate of drug-likeness (QED) is 0.619. The maximum absolute atomic E-state index is 13.1. The lowest BCUT2D eigenvalue weighted by Gasteiger charge is -2.28. The largest absolute Gasteiger partial charge is 0.394 e. The van der Waals surface area contributed by atoms with Gasteiger partial charge >= 0.3 is 0 Å². The number of aliphatic hydroxyl groups excluding tert-OH is 1. The van der Waals surface area contributed by atoms with E-state index in [0.717, 1.165) is 13.0 Å². The van der Waals surface area contributed by atoms with Crippen LogP contribution in [0.4, 0.5) is 4.39 Å². The molecule has 74 valence electrons. The van der Waals surface area contributed by atoms with E-state index >= 15 is 0 Å². The van der Waals surface area contributed by atoms with Crippen molar-refractivity contribution in [3.8, 4) is 0 Å². The van der Waals surface area contributed by atoms with Crippen molar-refractivity contribution < 1.29 is 9.50 Å². The highest BCUT2D eigenvalue weighted by Crippen LogP contribution is 2.41. The van der Waals surface area contributed by atoms with Crippen LogP contribution in [0.1, 0.15) is 19.8 Å². The maximum atomic E-state index is 13.1. The lowest BCUT2D eigenvalue weighted by atomic mass is 9.93. The first kappa shape index (κ1) is 9.16. The van der Waals surface area contributed by atoms with Gasteiger partial charge in [0.2, 0.25) is 0 Å². The number of hydrogen-bond donors (Lipinski definition) is 1. The minimum Gasteiger partial charge on any atom is -0.394 e. The molecular formula is C10H16FNO. The van der Waals surface area contributed by atoms with Gasteiger partial charge in [-0.15, -0.1) is 0 Å². The summed E-state index contributed by atoms with van der Waals surface area (Å²) in [5, 5.41) is 9.32. The first-order valence-corrected chi connectivity index (χ1v) is 4.84. The van der Waals surface area contributed by atoms with Gasteiger partial charge in [-0.3, -0.25) is 4.90 Å². The van der Waals surface area contributed by atoms with E-state index in [4.69, 9.17) is 0 Å². The molecule has 0 aliphatic carbocycles. The maximum Gasteiger partial charge on any atom is 0.115 e. The van der Waals surface area contributed by atoms with E-state index in [9.17, 15) is 9.50 Å². The Labute approximate surface area is 78.0 Å². The Kier molecular flexibility index (Phi) is 2.16. The lowest BCUT2D eigenvalue weighted by molar-refractivity contribution is 0.0997. The summed E-state index contributed by atoms with van der Waals surface area (Å²) in [6.45, 7) is 3.44. The van der Waals surface area contributed by atoms with Crippen molar-refractivity contribution in [2.75, 3.05) is 19.7 Å². The standard InChI is InChI=1S/C10H16FNO/c1-2-8-3-10(7-13)4-9(11)6-12(10)5-8/h2,9,13H,3-7H2,1H3/b8-2+/t9-,10-/m1/s1. The molecule has 0 radical (unpaired) electrons. The number of hydrogen-bond acceptors (Lipinski definition) is 2. The number of rotatable bonds is 1. The highest BCUT2D eigenvalue weighted by Gasteiger charge is 2.49. The van der Waals surface area contributed by atoms with Crippen LogP contribution in [0.5, 0.6) is 0 Å². The molecule has 3 heteroatoms. The number of aliphatic hydroxyl groups is 1. The third kappa shape index (κ3) is 1.30. The van der Waals surface area contributed by atoms with E-state index in [2.05, 4.69) is 11.0 Å². The highest BCUT2D eigenvalue weighted by molar-refractivity contribution is 5.21. The Morgan fingerprint density at radius 1 is 1.77 bits per heavy atom. The van der Waals surface area contributed by atoms with Crippen LogP contribution in [0.25, 0.3) is 0 Å². The predicted molar refractivity (Wildman–Crippen MR) is 49.3 cm³/mol. The summed E-state index contributed by atoms with van der Waals surface area (Å²) in [5.74, 6) is 0. The molecule has 2 aliphatic heterocycles. The van der Waals surface area contributed by atoms with E-state index in [0.29, 0.717) is 13.0 Å². The van der Waals surface area contributed by atoms with Crippen LogP contribution in [0.3, 0.4) is 0 Å². The van der Waals surface area contributed by atoms with Gasteiger partial charge in [0.05, 0.1) is 12.1 Å². The molecule has 1 N–H and O–H groups in total. The Hall–Kier alpha value is -0.410. The highest BCUT2D eigenvalue weighted by atomic mass is 19.1. The normalized spacial score (nSPS) is 43.0. The molecule has 0 aromatic rings. The van der Waals surface area contributed by atoms with Crippen molar-refractivity contribution >= 4 is 0 Å². The molecule has 0 amide bonds. The molecule has 0 saturated carbocycles. The summed E-state index contributed by atoms with van der Waals surface area (Å²) in [6, 6.07) is 0. The number of fused-ring (bicyclic) bond motifs is 1. The van der Waals surface area contributed by atoms with Gasteiger partial charge in [-0.2, -0.15) is 0 Å². The fourth-order valence-electron chi connectivity index (χ4n) is 2.59. The van der Waals surface area contributed by atoms with Gasteiger partial charge in [-0.05, 0) is 13.3 Å². The monoisotopic (exact) mass is 185 g/mol. The third-order valence-electron chi connectivity index (χ3n) is 3.34. The minimum absolute atomic E-state index is 0.0881. The molecule has 13 heavy (non-hydrogen) atoms. The lowest BCUT2D eigenvalue weighted by Crippen LogP contribution is -2.41. The van der Waals surface area contributed by atoms with Crippen LogP contribution in [0.2, 0.25) is 0 Å². The van der Waals surface area contributed by atoms with Crippen molar-refractivity contribution in [1.82, 2.24) is 4.90 Å². The first-order valence-electron chi connectivity index (χ1n) is 4.84. The fraction of sp³-hybridized carbons (Fsp3) is 0.800. The van der Waals surface area contributed by atoms with Crippen LogP contribution in [0.15, 0.2) is 11.6 Å². The molecule has 0 aromatic carbocycles. The van der Waals surface area contributed by atoms with E-state index < -0.39 is 6.17 Å². The molecule has 2 fully saturated rings. The molecule has 2 heterocycles. The summed E-state index contributed by atoms with van der Waals surface area (Å²) in [6.07, 6.45) is 2.69.